The number of aromatic nitrogens is 4. The molecular formula is C25H33N9O6. The molecule has 15 heteroatoms. The van der Waals surface area contributed by atoms with Crippen LogP contribution in [0.3, 0.4) is 0 Å². The van der Waals surface area contributed by atoms with Gasteiger partial charge in [-0.25, -0.2) is 14.8 Å². The zero-order valence-corrected chi connectivity index (χ0v) is 21.7. The number of carbonyl (C=O) groups is 3. The van der Waals surface area contributed by atoms with Crippen molar-refractivity contribution >= 4 is 40.6 Å². The quantitative estimate of drug-likeness (QED) is 0.167. The van der Waals surface area contributed by atoms with Crippen LogP contribution in [0.25, 0.3) is 11.2 Å². The average Bonchev–Trinajstić information content (AvgIpc) is 2.90. The lowest BCUT2D eigenvalue weighted by Gasteiger charge is -2.28. The number of H-pyrrole nitrogens is 1. The van der Waals surface area contributed by atoms with Crippen LogP contribution in [0.5, 0.6) is 0 Å². The first-order valence-electron chi connectivity index (χ1n) is 12.6. The minimum Gasteiger partial charge on any atom is -0.481 e. The summed E-state index contributed by atoms with van der Waals surface area (Å²) in [4.78, 5) is 60.6. The number of nitrogen functional groups attached to an aromatic ring is 1. The minimum absolute atomic E-state index is 0.0524. The number of amides is 1. The third kappa shape index (κ3) is 8.99. The molecule has 0 bridgehead atoms. The maximum Gasteiger partial charge on any atom is 0.326 e. The molecular weight excluding hydrogens is 522 g/mol. The zero-order chi connectivity index (χ0) is 29.3. The number of nitrogens with zero attached hydrogens (tertiary/aromatic N) is 3. The van der Waals surface area contributed by atoms with Crippen LogP contribution in [0.2, 0.25) is 0 Å². The summed E-state index contributed by atoms with van der Waals surface area (Å²) < 4.78 is 0. The van der Waals surface area contributed by atoms with Gasteiger partial charge in [-0.15, -0.1) is 0 Å². The smallest absolute Gasteiger partial charge is 0.326 e. The van der Waals surface area contributed by atoms with Gasteiger partial charge in [-0.1, -0.05) is 19.3 Å². The van der Waals surface area contributed by atoms with Crippen LogP contribution in [0.1, 0.15) is 61.0 Å². The maximum absolute atomic E-state index is 12.3. The number of anilines is 2. The highest BCUT2D eigenvalue weighted by Crippen LogP contribution is 2.20. The third-order valence-corrected chi connectivity index (χ3v) is 6.14. The Kier molecular flexibility index (Phi) is 10.1. The molecule has 0 radical (unpaired) electrons. The van der Waals surface area contributed by atoms with Gasteiger partial charge >= 0.3 is 11.9 Å². The van der Waals surface area contributed by atoms with Crippen LogP contribution in [0.4, 0.5) is 11.6 Å². The number of carboxylic acid groups (broad SMARTS) is 2. The normalized spacial score (nSPS) is 14.8. The van der Waals surface area contributed by atoms with E-state index in [0.717, 1.165) is 12.8 Å². The van der Waals surface area contributed by atoms with E-state index in [9.17, 15) is 19.2 Å². The summed E-state index contributed by atoms with van der Waals surface area (Å²) in [7, 11) is 0. The number of nitrogens with one attached hydrogen (secondary N) is 3. The van der Waals surface area contributed by atoms with E-state index in [0.29, 0.717) is 11.4 Å². The lowest BCUT2D eigenvalue weighted by atomic mass is 9.91. The summed E-state index contributed by atoms with van der Waals surface area (Å²) in [6, 6.07) is 4.86. The van der Waals surface area contributed by atoms with Crippen LogP contribution >= 0.6 is 0 Å². The van der Waals surface area contributed by atoms with E-state index in [1.54, 1.807) is 12.1 Å². The molecule has 15 nitrogen and oxygen atoms in total. The molecule has 0 saturated heterocycles. The van der Waals surface area contributed by atoms with E-state index in [4.69, 9.17) is 27.4 Å². The molecule has 2 heterocycles. The van der Waals surface area contributed by atoms with Gasteiger partial charge in [0.1, 0.15) is 6.04 Å². The van der Waals surface area contributed by atoms with E-state index in [1.807, 2.05) is 0 Å². The Balaban J connectivity index is 0.000000472. The first-order chi connectivity index (χ1) is 18.9. The lowest BCUT2D eigenvalue weighted by molar-refractivity contribution is -0.140. The molecule has 1 amide bonds. The molecule has 0 spiro atoms. The van der Waals surface area contributed by atoms with Crippen molar-refractivity contribution < 1.29 is 24.6 Å². The van der Waals surface area contributed by atoms with Gasteiger partial charge in [-0.05, 0) is 43.5 Å². The molecule has 0 aliphatic heterocycles. The number of carbonyl (C=O) groups excluding carboxylic acids is 1. The highest BCUT2D eigenvalue weighted by molar-refractivity contribution is 5.96. The Morgan fingerprint density at radius 3 is 2.30 bits per heavy atom. The Morgan fingerprint density at radius 1 is 1.05 bits per heavy atom. The number of nitrogens with two attached hydrogens (primary N) is 3. The monoisotopic (exact) mass is 555 g/mol. The molecule has 3 aromatic rings. The summed E-state index contributed by atoms with van der Waals surface area (Å²) in [5.41, 5.74) is 17.5. The SMILES string of the molecule is NC1(N)CCCCC1.Nc1nc2ncc(CNc3ccc(C(=O)N[C@@H](CCC(=O)O)C(=O)O)cc3)nc2c(=O)[nH]1. The second kappa shape index (κ2) is 13.4. The second-order valence-electron chi connectivity index (χ2n) is 9.51. The van der Waals surface area contributed by atoms with Crippen molar-refractivity contribution in [2.45, 2.75) is 63.2 Å². The molecule has 2 aromatic heterocycles. The van der Waals surface area contributed by atoms with E-state index in [2.05, 4.69) is 30.6 Å². The van der Waals surface area contributed by atoms with E-state index in [-0.39, 0.29) is 47.7 Å². The molecule has 0 unspecified atom stereocenters. The first-order valence-corrected chi connectivity index (χ1v) is 12.6. The van der Waals surface area contributed by atoms with Crippen molar-refractivity contribution in [3.8, 4) is 0 Å². The van der Waals surface area contributed by atoms with Crippen molar-refractivity contribution in [3.63, 3.8) is 0 Å². The Hall–Kier alpha value is -4.63. The summed E-state index contributed by atoms with van der Waals surface area (Å²) in [5.74, 6) is -3.16. The number of hydrogen-bond acceptors (Lipinski definition) is 11. The van der Waals surface area contributed by atoms with Gasteiger partial charge in [0.05, 0.1) is 24.1 Å². The van der Waals surface area contributed by atoms with Crippen molar-refractivity contribution in [3.05, 3.63) is 52.1 Å². The van der Waals surface area contributed by atoms with Crippen LogP contribution in [0, 0.1) is 0 Å². The number of rotatable bonds is 9. The van der Waals surface area contributed by atoms with Crippen LogP contribution in [0.15, 0.2) is 35.3 Å². The molecule has 1 aromatic carbocycles. The van der Waals surface area contributed by atoms with Crippen LogP contribution < -0.4 is 33.4 Å². The summed E-state index contributed by atoms with van der Waals surface area (Å²) in [6.45, 7) is 0.231. The standard InChI is InChI=1S/C19H19N7O6.C6H14N2/c20-19-25-15-14(17(30)26-19)23-11(8-22-15)7-21-10-3-1-9(2-4-10)16(29)24-12(18(31)32)5-6-13(27)28;7-6(8)4-2-1-3-5-6/h1-4,8,12,21H,5-7H2,(H,24,29)(H,27,28)(H,31,32)(H3,20,22,25,26,30);1-5,7-8H2/t12-;/m0./s1. The number of hydrogen-bond donors (Lipinski definition) is 8. The number of benzene rings is 1. The van der Waals surface area contributed by atoms with E-state index in [1.165, 1.54) is 37.6 Å². The molecule has 214 valence electrons. The fourth-order valence-electron chi connectivity index (χ4n) is 3.97. The van der Waals surface area contributed by atoms with Crippen molar-refractivity contribution in [2.24, 2.45) is 11.5 Å². The summed E-state index contributed by atoms with van der Waals surface area (Å²) in [5, 5.41) is 23.2. The molecule has 1 atom stereocenters. The molecule has 1 fully saturated rings. The molecule has 40 heavy (non-hydrogen) atoms. The number of aliphatic carboxylic acids is 2. The van der Waals surface area contributed by atoms with E-state index >= 15 is 0 Å². The summed E-state index contributed by atoms with van der Waals surface area (Å²) in [6.07, 6.45) is 6.60. The largest absolute Gasteiger partial charge is 0.481 e. The second-order valence-corrected chi connectivity index (χ2v) is 9.51. The van der Waals surface area contributed by atoms with Gasteiger partial charge in [0.25, 0.3) is 11.5 Å². The Labute approximate surface area is 228 Å². The fourth-order valence-corrected chi connectivity index (χ4v) is 3.97. The van der Waals surface area contributed by atoms with Gasteiger partial charge in [-0.2, -0.15) is 4.98 Å². The van der Waals surface area contributed by atoms with Gasteiger partial charge in [-0.3, -0.25) is 19.4 Å². The maximum atomic E-state index is 12.3. The van der Waals surface area contributed by atoms with Gasteiger partial charge in [0.2, 0.25) is 5.95 Å². The third-order valence-electron chi connectivity index (χ3n) is 6.14. The van der Waals surface area contributed by atoms with Crippen LogP contribution in [-0.2, 0) is 16.1 Å². The van der Waals surface area contributed by atoms with Gasteiger partial charge in [0.15, 0.2) is 11.2 Å². The topological polar surface area (TPSA) is 265 Å². The van der Waals surface area contributed by atoms with Crippen molar-refractivity contribution in [1.82, 2.24) is 25.3 Å². The van der Waals surface area contributed by atoms with Crippen molar-refractivity contribution in [2.75, 3.05) is 11.1 Å². The van der Waals surface area contributed by atoms with E-state index < -0.39 is 29.4 Å². The number of aromatic amines is 1. The van der Waals surface area contributed by atoms with Crippen molar-refractivity contribution in [1.29, 1.82) is 0 Å². The molecule has 1 aliphatic carbocycles. The predicted octanol–water partition coefficient (Wildman–Crippen LogP) is 0.519. The average molecular weight is 556 g/mol. The molecule has 1 aliphatic rings. The molecule has 4 rings (SSSR count). The van der Waals surface area contributed by atoms with Gasteiger partial charge < -0.3 is 38.0 Å². The highest BCUT2D eigenvalue weighted by Gasteiger charge is 2.22. The first kappa shape index (κ1) is 29.9. The Bertz CT molecular complexity index is 1400. The molecule has 1 saturated carbocycles. The number of carboxylic acids is 2. The predicted molar refractivity (Wildman–Crippen MR) is 146 cm³/mol. The molecule has 11 N–H and O–H groups in total. The lowest BCUT2D eigenvalue weighted by Crippen LogP contribution is -2.50. The minimum atomic E-state index is -1.31. The van der Waals surface area contributed by atoms with Crippen LogP contribution in [-0.4, -0.2) is 59.7 Å². The fraction of sp³-hybridized carbons (Fsp3) is 0.400. The summed E-state index contributed by atoms with van der Waals surface area (Å²) >= 11 is 0. The highest BCUT2D eigenvalue weighted by atomic mass is 16.4. The van der Waals surface area contributed by atoms with Gasteiger partial charge in [0, 0.05) is 17.7 Å². The zero-order valence-electron chi connectivity index (χ0n) is 21.7. The number of fused-ring (bicyclic) bond motifs is 1. The Morgan fingerprint density at radius 2 is 1.73 bits per heavy atom.